The number of nitro benzene ring substituents is 2. The molecule has 0 aromatic heterocycles. The fourth-order valence-electron chi connectivity index (χ4n) is 1.33. The van der Waals surface area contributed by atoms with Gasteiger partial charge in [-0.25, -0.2) is 0 Å². The normalized spacial score (nSPS) is 10.0. The van der Waals surface area contributed by atoms with Crippen molar-refractivity contribution in [3.05, 3.63) is 42.4 Å². The molecule has 9 heteroatoms. The van der Waals surface area contributed by atoms with Gasteiger partial charge in [0, 0.05) is 11.6 Å². The first-order valence-electron chi connectivity index (χ1n) is 4.19. The van der Waals surface area contributed by atoms with Gasteiger partial charge < -0.3 is 5.73 Å². The lowest BCUT2D eigenvalue weighted by Crippen LogP contribution is -2.14. The Hall–Kier alpha value is -2.22. The average Bonchev–Trinajstić information content (AvgIpc) is 2.15. The molecular weight excluding hydrogens is 254 g/mol. The van der Waals surface area contributed by atoms with Crippen LogP contribution >= 0.6 is 11.6 Å². The fraction of sp³-hybridized carbons (Fsp3) is 0.125. The van der Waals surface area contributed by atoms with Crippen LogP contribution in [0.5, 0.6) is 0 Å². The minimum atomic E-state index is -0.995. The molecule has 0 saturated carbocycles. The number of carbonyl (C=O) groups excluding carboxylic acids is 1. The number of hydrogen-bond acceptors (Lipinski definition) is 5. The molecule has 0 heterocycles. The second kappa shape index (κ2) is 4.34. The molecule has 0 radical (unpaired) electrons. The van der Waals surface area contributed by atoms with Gasteiger partial charge in [-0.3, -0.25) is 25.0 Å². The van der Waals surface area contributed by atoms with Gasteiger partial charge in [0.1, 0.15) is 0 Å². The molecule has 1 aromatic rings. The number of nitro groups is 2. The van der Waals surface area contributed by atoms with Crippen molar-refractivity contribution in [2.24, 2.45) is 5.73 Å². The third-order valence-corrected chi connectivity index (χ3v) is 2.49. The minimum Gasteiger partial charge on any atom is -0.366 e. The highest BCUT2D eigenvalue weighted by molar-refractivity contribution is 6.35. The Balaban J connectivity index is 3.76. The predicted molar refractivity (Wildman–Crippen MR) is 58.0 cm³/mol. The van der Waals surface area contributed by atoms with Crippen molar-refractivity contribution in [1.29, 1.82) is 0 Å². The molecule has 0 aliphatic rings. The summed E-state index contributed by atoms with van der Waals surface area (Å²) in [6, 6.07) is 0.826. The summed E-state index contributed by atoms with van der Waals surface area (Å²) < 4.78 is 0. The molecule has 1 rings (SSSR count). The van der Waals surface area contributed by atoms with Crippen LogP contribution in [0.4, 0.5) is 11.4 Å². The Bertz CT molecular complexity index is 504. The van der Waals surface area contributed by atoms with Crippen LogP contribution in [0.1, 0.15) is 15.9 Å². The summed E-state index contributed by atoms with van der Waals surface area (Å²) in [4.78, 5) is 30.6. The lowest BCUT2D eigenvalue weighted by molar-refractivity contribution is -0.394. The maximum absolute atomic E-state index is 11.0. The number of hydrogen-bond donors (Lipinski definition) is 1. The van der Waals surface area contributed by atoms with Crippen LogP contribution in [0.3, 0.4) is 0 Å². The van der Waals surface area contributed by atoms with Crippen LogP contribution in [0.15, 0.2) is 6.07 Å². The second-order valence-electron chi connectivity index (χ2n) is 3.11. The number of halogens is 1. The number of benzene rings is 1. The molecule has 2 N–H and O–H groups in total. The maximum Gasteiger partial charge on any atom is 0.298 e. The quantitative estimate of drug-likeness (QED) is 0.650. The van der Waals surface area contributed by atoms with Crippen molar-refractivity contribution in [3.8, 4) is 0 Å². The van der Waals surface area contributed by atoms with Crippen molar-refractivity contribution in [2.75, 3.05) is 0 Å². The lowest BCUT2D eigenvalue weighted by atomic mass is 10.1. The van der Waals surface area contributed by atoms with E-state index >= 15 is 0 Å². The molecule has 0 aliphatic heterocycles. The first kappa shape index (κ1) is 12.8. The topological polar surface area (TPSA) is 129 Å². The van der Waals surface area contributed by atoms with E-state index in [9.17, 15) is 25.0 Å². The Morgan fingerprint density at radius 2 is 1.88 bits per heavy atom. The first-order chi connectivity index (χ1) is 7.77. The third kappa shape index (κ3) is 2.16. The van der Waals surface area contributed by atoms with Crippen LogP contribution < -0.4 is 5.73 Å². The second-order valence-corrected chi connectivity index (χ2v) is 3.49. The van der Waals surface area contributed by atoms with E-state index in [2.05, 4.69) is 0 Å². The van der Waals surface area contributed by atoms with Crippen molar-refractivity contribution in [3.63, 3.8) is 0 Å². The van der Waals surface area contributed by atoms with Gasteiger partial charge in [-0.05, 0) is 6.92 Å². The zero-order valence-electron chi connectivity index (χ0n) is 8.47. The van der Waals surface area contributed by atoms with Gasteiger partial charge in [-0.15, -0.1) is 0 Å². The van der Waals surface area contributed by atoms with Crippen LogP contribution in [-0.2, 0) is 0 Å². The Morgan fingerprint density at radius 1 is 1.35 bits per heavy atom. The Labute approximate surface area is 99.3 Å². The first-order valence-corrected chi connectivity index (χ1v) is 4.56. The van der Waals surface area contributed by atoms with Crippen LogP contribution in [0, 0.1) is 27.2 Å². The monoisotopic (exact) mass is 259 g/mol. The molecule has 0 atom stereocenters. The summed E-state index contributed by atoms with van der Waals surface area (Å²) >= 11 is 5.55. The molecule has 0 aliphatic carbocycles. The predicted octanol–water partition coefficient (Wildman–Crippen LogP) is 1.56. The van der Waals surface area contributed by atoms with Gasteiger partial charge >= 0.3 is 0 Å². The number of carbonyl (C=O) groups is 1. The van der Waals surface area contributed by atoms with E-state index < -0.39 is 32.2 Å². The van der Waals surface area contributed by atoms with E-state index in [0.717, 1.165) is 6.07 Å². The van der Waals surface area contributed by atoms with Crippen LogP contribution in [-0.4, -0.2) is 15.8 Å². The molecule has 0 spiro atoms. The van der Waals surface area contributed by atoms with Crippen molar-refractivity contribution in [2.45, 2.75) is 6.92 Å². The van der Waals surface area contributed by atoms with E-state index in [4.69, 9.17) is 17.3 Å². The molecule has 8 nitrogen and oxygen atoms in total. The molecule has 17 heavy (non-hydrogen) atoms. The van der Waals surface area contributed by atoms with E-state index in [1.165, 1.54) is 6.92 Å². The molecular formula is C8H6ClN3O5. The van der Waals surface area contributed by atoms with E-state index in [0.29, 0.717) is 0 Å². The maximum atomic E-state index is 11.0. The fourth-order valence-corrected chi connectivity index (χ4v) is 1.66. The highest BCUT2D eigenvalue weighted by Gasteiger charge is 2.30. The summed E-state index contributed by atoms with van der Waals surface area (Å²) in [5, 5.41) is 20.7. The lowest BCUT2D eigenvalue weighted by Gasteiger charge is -2.05. The van der Waals surface area contributed by atoms with Gasteiger partial charge in [0.15, 0.2) is 5.02 Å². The standard InChI is InChI=1S/C8H6ClN3O5/c1-3-4(8(10)13)2-5(11(14)15)6(9)7(3)12(16)17/h2H,1H3,(H2,10,13). The number of amides is 1. The number of rotatable bonds is 3. The van der Waals surface area contributed by atoms with E-state index in [1.807, 2.05) is 0 Å². The number of nitrogens with zero attached hydrogens (tertiary/aromatic N) is 2. The minimum absolute atomic E-state index is 0.0990. The summed E-state index contributed by atoms with van der Waals surface area (Å²) in [6.45, 7) is 1.24. The molecule has 90 valence electrons. The summed E-state index contributed by atoms with van der Waals surface area (Å²) in [5.74, 6) is -0.995. The van der Waals surface area contributed by atoms with Gasteiger partial charge in [-0.2, -0.15) is 0 Å². The Kier molecular flexibility index (Phi) is 3.28. The van der Waals surface area contributed by atoms with Crippen LogP contribution in [0.25, 0.3) is 0 Å². The molecule has 1 amide bonds. The number of primary amides is 1. The van der Waals surface area contributed by atoms with Gasteiger partial charge in [0.05, 0.1) is 15.4 Å². The Morgan fingerprint density at radius 3 is 2.24 bits per heavy atom. The summed E-state index contributed by atoms with van der Waals surface area (Å²) in [6.07, 6.45) is 0. The highest BCUT2D eigenvalue weighted by atomic mass is 35.5. The zero-order valence-corrected chi connectivity index (χ0v) is 9.22. The van der Waals surface area contributed by atoms with Crippen LogP contribution in [0.2, 0.25) is 5.02 Å². The zero-order chi connectivity index (χ0) is 13.3. The smallest absolute Gasteiger partial charge is 0.298 e. The van der Waals surface area contributed by atoms with Gasteiger partial charge in [0.2, 0.25) is 5.91 Å². The average molecular weight is 260 g/mol. The van der Waals surface area contributed by atoms with E-state index in [1.54, 1.807) is 0 Å². The summed E-state index contributed by atoms with van der Waals surface area (Å²) in [7, 11) is 0. The molecule has 1 aromatic carbocycles. The number of nitrogens with two attached hydrogens (primary N) is 1. The largest absolute Gasteiger partial charge is 0.366 e. The molecule has 0 bridgehead atoms. The van der Waals surface area contributed by atoms with Gasteiger partial charge in [-0.1, -0.05) is 11.6 Å². The SMILES string of the molecule is Cc1c(C(N)=O)cc([N+](=O)[O-])c(Cl)c1[N+](=O)[O-]. The van der Waals surface area contributed by atoms with Crippen molar-refractivity contribution >= 4 is 28.9 Å². The summed E-state index contributed by atoms with van der Waals surface area (Å²) in [5.41, 5.74) is 3.17. The van der Waals surface area contributed by atoms with Crippen molar-refractivity contribution < 1.29 is 14.6 Å². The highest BCUT2D eigenvalue weighted by Crippen LogP contribution is 2.38. The van der Waals surface area contributed by atoms with Gasteiger partial charge in [0.25, 0.3) is 11.4 Å². The van der Waals surface area contributed by atoms with E-state index in [-0.39, 0.29) is 11.1 Å². The molecule has 0 fully saturated rings. The van der Waals surface area contributed by atoms with Crippen molar-refractivity contribution in [1.82, 2.24) is 0 Å². The molecule has 0 saturated heterocycles. The third-order valence-electron chi connectivity index (χ3n) is 2.12. The molecule has 0 unspecified atom stereocenters.